The minimum absolute atomic E-state index is 0.0624. The Morgan fingerprint density at radius 1 is 1.09 bits per heavy atom. The first-order valence-corrected chi connectivity index (χ1v) is 11.5. The van der Waals surface area contributed by atoms with Gasteiger partial charge in [-0.3, -0.25) is 14.6 Å². The lowest BCUT2D eigenvalue weighted by Gasteiger charge is -2.33. The average Bonchev–Trinajstić information content (AvgIpc) is 3.10. The van der Waals surface area contributed by atoms with Crippen molar-refractivity contribution in [3.8, 4) is 17.1 Å². The van der Waals surface area contributed by atoms with Gasteiger partial charge in [0.15, 0.2) is 10.6 Å². The number of halogens is 1. The maximum absolute atomic E-state index is 12.4. The van der Waals surface area contributed by atoms with E-state index in [-0.39, 0.29) is 5.91 Å². The van der Waals surface area contributed by atoms with Gasteiger partial charge in [-0.15, -0.1) is 0 Å². The molecule has 8 nitrogen and oxygen atoms in total. The fraction of sp³-hybridized carbons (Fsp3) is 0.348. The Morgan fingerprint density at radius 2 is 1.76 bits per heavy atom. The molecule has 1 N–H and O–H groups in total. The van der Waals surface area contributed by atoms with Crippen LogP contribution in [0.2, 0.25) is 5.02 Å². The van der Waals surface area contributed by atoms with Gasteiger partial charge in [-0.1, -0.05) is 23.7 Å². The molecule has 4 rings (SSSR count). The van der Waals surface area contributed by atoms with Crippen LogP contribution < -0.4 is 10.1 Å². The molecule has 33 heavy (non-hydrogen) atoms. The van der Waals surface area contributed by atoms with E-state index in [0.29, 0.717) is 28.7 Å². The number of nitrogens with zero attached hydrogens (tertiary/aromatic N) is 5. The fourth-order valence-corrected chi connectivity index (χ4v) is 4.17. The zero-order valence-corrected chi connectivity index (χ0v) is 20.3. The predicted octanol–water partition coefficient (Wildman–Crippen LogP) is 3.49. The van der Waals surface area contributed by atoms with Crippen molar-refractivity contribution >= 4 is 35.4 Å². The molecule has 0 unspecified atom stereocenters. The number of para-hydroxylation sites is 1. The Labute approximate surface area is 203 Å². The zero-order chi connectivity index (χ0) is 23.4. The Hall–Kier alpha value is -2.72. The molecule has 174 valence electrons. The predicted molar refractivity (Wildman–Crippen MR) is 132 cm³/mol. The molecule has 2 aromatic carbocycles. The van der Waals surface area contributed by atoms with Crippen LogP contribution in [0.15, 0.2) is 48.5 Å². The molecule has 0 atom stereocenters. The summed E-state index contributed by atoms with van der Waals surface area (Å²) in [4.78, 5) is 16.8. The Kier molecular flexibility index (Phi) is 7.44. The molecule has 10 heteroatoms. The van der Waals surface area contributed by atoms with Crippen molar-refractivity contribution in [2.24, 2.45) is 7.05 Å². The highest BCUT2D eigenvalue weighted by Gasteiger charge is 2.21. The number of piperazine rings is 1. The molecule has 0 spiro atoms. The second-order valence-electron chi connectivity index (χ2n) is 7.96. The maximum Gasteiger partial charge on any atom is 0.238 e. The second kappa shape index (κ2) is 10.5. The van der Waals surface area contributed by atoms with E-state index in [9.17, 15) is 4.79 Å². The van der Waals surface area contributed by atoms with E-state index in [1.807, 2.05) is 52.7 Å². The third-order valence-corrected chi connectivity index (χ3v) is 6.52. The number of nitrogens with one attached hydrogen (secondary N) is 1. The number of rotatable bonds is 7. The van der Waals surface area contributed by atoms with Gasteiger partial charge in [0, 0.05) is 38.8 Å². The van der Waals surface area contributed by atoms with Gasteiger partial charge in [0.05, 0.1) is 31.0 Å². The summed E-state index contributed by atoms with van der Waals surface area (Å²) in [5.41, 5.74) is 1.62. The summed E-state index contributed by atoms with van der Waals surface area (Å²) < 4.78 is 9.69. The van der Waals surface area contributed by atoms with Crippen LogP contribution in [0, 0.1) is 4.77 Å². The van der Waals surface area contributed by atoms with E-state index < -0.39 is 0 Å². The van der Waals surface area contributed by atoms with Gasteiger partial charge in [0.2, 0.25) is 5.91 Å². The van der Waals surface area contributed by atoms with Crippen molar-refractivity contribution in [2.45, 2.75) is 6.67 Å². The number of aromatic nitrogens is 3. The fourth-order valence-electron chi connectivity index (χ4n) is 3.81. The van der Waals surface area contributed by atoms with Gasteiger partial charge >= 0.3 is 0 Å². The number of benzene rings is 2. The van der Waals surface area contributed by atoms with Crippen LogP contribution in [-0.2, 0) is 18.5 Å². The number of carbonyl (C=O) groups is 1. The lowest BCUT2D eigenvalue weighted by atomic mass is 10.2. The van der Waals surface area contributed by atoms with Crippen molar-refractivity contribution in [1.29, 1.82) is 0 Å². The summed E-state index contributed by atoms with van der Waals surface area (Å²) in [7, 11) is 3.58. The van der Waals surface area contributed by atoms with Crippen LogP contribution in [0.1, 0.15) is 0 Å². The number of amides is 1. The van der Waals surface area contributed by atoms with Crippen molar-refractivity contribution in [1.82, 2.24) is 24.1 Å². The highest BCUT2D eigenvalue weighted by Crippen LogP contribution is 2.22. The van der Waals surface area contributed by atoms with E-state index >= 15 is 0 Å². The number of methoxy groups -OCH3 is 1. The van der Waals surface area contributed by atoms with Gasteiger partial charge in [-0.05, 0) is 48.6 Å². The lowest BCUT2D eigenvalue weighted by molar-refractivity contribution is -0.117. The number of hydrogen-bond donors (Lipinski definition) is 1. The molecule has 3 aromatic rings. The van der Waals surface area contributed by atoms with Crippen LogP contribution in [-0.4, -0.2) is 69.9 Å². The molecular weight excluding hydrogens is 460 g/mol. The topological polar surface area (TPSA) is 67.6 Å². The molecule has 1 saturated heterocycles. The van der Waals surface area contributed by atoms with Crippen LogP contribution in [0.25, 0.3) is 11.4 Å². The van der Waals surface area contributed by atoms with Gasteiger partial charge in [-0.25, -0.2) is 4.68 Å². The average molecular weight is 487 g/mol. The van der Waals surface area contributed by atoms with E-state index in [1.54, 1.807) is 19.2 Å². The van der Waals surface area contributed by atoms with Gasteiger partial charge in [0.25, 0.3) is 0 Å². The molecule has 0 saturated carbocycles. The quantitative estimate of drug-likeness (QED) is 0.516. The molecular formula is C23H27ClN6O2S. The molecule has 1 amide bonds. The minimum atomic E-state index is -0.0624. The minimum Gasteiger partial charge on any atom is -0.497 e. The summed E-state index contributed by atoms with van der Waals surface area (Å²) in [6, 6.07) is 15.0. The normalized spacial score (nSPS) is 14.9. The molecule has 2 heterocycles. The molecule has 0 aliphatic carbocycles. The van der Waals surface area contributed by atoms with Gasteiger partial charge in [-0.2, -0.15) is 5.10 Å². The zero-order valence-electron chi connectivity index (χ0n) is 18.7. The van der Waals surface area contributed by atoms with Crippen LogP contribution in [0.4, 0.5) is 5.69 Å². The van der Waals surface area contributed by atoms with Gasteiger partial charge in [0.1, 0.15) is 5.75 Å². The van der Waals surface area contributed by atoms with Gasteiger partial charge < -0.3 is 14.6 Å². The summed E-state index contributed by atoms with van der Waals surface area (Å²) >= 11 is 11.7. The Bertz CT molecular complexity index is 1170. The van der Waals surface area contributed by atoms with Crippen LogP contribution >= 0.6 is 23.8 Å². The number of hydrogen-bond acceptors (Lipinski definition) is 6. The molecule has 1 aliphatic rings. The third-order valence-electron chi connectivity index (χ3n) is 5.70. The van der Waals surface area contributed by atoms with E-state index in [1.165, 1.54) is 0 Å². The molecule has 0 radical (unpaired) electrons. The maximum atomic E-state index is 12.4. The first-order chi connectivity index (χ1) is 15.9. The first kappa shape index (κ1) is 23.4. The summed E-state index contributed by atoms with van der Waals surface area (Å²) in [5, 5.41) is 8.18. The summed E-state index contributed by atoms with van der Waals surface area (Å²) in [6.45, 7) is 4.19. The Morgan fingerprint density at radius 3 is 2.42 bits per heavy atom. The van der Waals surface area contributed by atoms with E-state index in [0.717, 1.165) is 43.3 Å². The smallest absolute Gasteiger partial charge is 0.238 e. The standard InChI is InChI=1S/C23H27ClN6O2S/c1-27-22(17-7-9-18(32-2)10-8-17)26-30(23(27)33)16-29-13-11-28(12-14-29)15-21(31)25-20-6-4-3-5-19(20)24/h3-10H,11-16H2,1-2H3,(H,25,31). The van der Waals surface area contributed by atoms with Crippen molar-refractivity contribution < 1.29 is 9.53 Å². The van der Waals surface area contributed by atoms with E-state index in [4.69, 9.17) is 33.7 Å². The first-order valence-electron chi connectivity index (χ1n) is 10.7. The monoisotopic (exact) mass is 486 g/mol. The lowest BCUT2D eigenvalue weighted by Crippen LogP contribution is -2.49. The van der Waals surface area contributed by atoms with E-state index in [2.05, 4.69) is 15.1 Å². The number of anilines is 1. The largest absolute Gasteiger partial charge is 0.497 e. The SMILES string of the molecule is COc1ccc(-c2nn(CN3CCN(CC(=O)Nc4ccccc4Cl)CC3)c(=S)n2C)cc1. The van der Waals surface area contributed by atoms with Crippen molar-refractivity contribution in [2.75, 3.05) is 45.2 Å². The molecule has 1 fully saturated rings. The van der Waals surface area contributed by atoms with Crippen LogP contribution in [0.3, 0.4) is 0 Å². The van der Waals surface area contributed by atoms with Crippen molar-refractivity contribution in [3.05, 3.63) is 58.3 Å². The van der Waals surface area contributed by atoms with Crippen LogP contribution in [0.5, 0.6) is 5.75 Å². The molecule has 1 aromatic heterocycles. The van der Waals surface area contributed by atoms with Crippen molar-refractivity contribution in [3.63, 3.8) is 0 Å². The molecule has 1 aliphatic heterocycles. The molecule has 0 bridgehead atoms. The Balaban J connectivity index is 1.32. The highest BCUT2D eigenvalue weighted by atomic mass is 35.5. The number of carbonyl (C=O) groups excluding carboxylic acids is 1. The second-order valence-corrected chi connectivity index (χ2v) is 8.73. The highest BCUT2D eigenvalue weighted by molar-refractivity contribution is 7.71. The summed E-state index contributed by atoms with van der Waals surface area (Å²) in [6.07, 6.45) is 0. The number of ether oxygens (including phenoxy) is 1. The summed E-state index contributed by atoms with van der Waals surface area (Å²) in [5.74, 6) is 1.56. The third kappa shape index (κ3) is 5.62.